The maximum atomic E-state index is 10.9. The average Bonchev–Trinajstić information content (AvgIpc) is 3.19. The van der Waals surface area contributed by atoms with Crippen molar-refractivity contribution in [1.29, 1.82) is 0 Å². The van der Waals surface area contributed by atoms with Gasteiger partial charge < -0.3 is 15.2 Å². The van der Waals surface area contributed by atoms with Gasteiger partial charge in [-0.2, -0.15) is 0 Å². The van der Waals surface area contributed by atoms with E-state index in [1.165, 1.54) is 12.8 Å². The highest BCUT2D eigenvalue weighted by Crippen LogP contribution is 2.33. The zero-order valence-electron chi connectivity index (χ0n) is 11.2. The van der Waals surface area contributed by atoms with Crippen LogP contribution in [0.4, 0.5) is 0 Å². The van der Waals surface area contributed by atoms with Crippen molar-refractivity contribution < 1.29 is 14.6 Å². The Morgan fingerprint density at radius 1 is 1.28 bits per heavy atom. The smallest absolute Gasteiger partial charge is 0.306 e. The SMILES string of the molecule is COCC(NCC1CCC(C(=O)O)CC1)C1CC1. The van der Waals surface area contributed by atoms with E-state index in [1.807, 2.05) is 0 Å². The Hall–Kier alpha value is -0.610. The number of methoxy groups -OCH3 is 1. The van der Waals surface area contributed by atoms with Crippen molar-refractivity contribution >= 4 is 5.97 Å². The molecule has 0 spiro atoms. The lowest BCUT2D eigenvalue weighted by atomic mass is 9.82. The van der Waals surface area contributed by atoms with Crippen LogP contribution in [0.5, 0.6) is 0 Å². The molecule has 0 heterocycles. The van der Waals surface area contributed by atoms with Crippen LogP contribution >= 0.6 is 0 Å². The molecule has 104 valence electrons. The van der Waals surface area contributed by atoms with Crippen LogP contribution < -0.4 is 5.32 Å². The van der Waals surface area contributed by atoms with Crippen molar-refractivity contribution in [3.05, 3.63) is 0 Å². The highest BCUT2D eigenvalue weighted by atomic mass is 16.5. The molecule has 0 bridgehead atoms. The molecule has 1 atom stereocenters. The minimum absolute atomic E-state index is 0.0977. The molecular formula is C14H25NO3. The van der Waals surface area contributed by atoms with Crippen molar-refractivity contribution in [3.63, 3.8) is 0 Å². The molecule has 0 aromatic rings. The summed E-state index contributed by atoms with van der Waals surface area (Å²) >= 11 is 0. The van der Waals surface area contributed by atoms with Gasteiger partial charge in [-0.25, -0.2) is 0 Å². The van der Waals surface area contributed by atoms with E-state index in [0.717, 1.165) is 44.8 Å². The lowest BCUT2D eigenvalue weighted by Gasteiger charge is -2.28. The molecule has 0 saturated heterocycles. The summed E-state index contributed by atoms with van der Waals surface area (Å²) in [6.45, 7) is 1.83. The molecule has 0 aromatic heterocycles. The maximum Gasteiger partial charge on any atom is 0.306 e. The molecule has 2 aliphatic carbocycles. The van der Waals surface area contributed by atoms with Gasteiger partial charge in [0.15, 0.2) is 0 Å². The summed E-state index contributed by atoms with van der Waals surface area (Å²) in [5.74, 6) is 0.745. The summed E-state index contributed by atoms with van der Waals surface area (Å²) in [5.41, 5.74) is 0. The number of rotatable bonds is 7. The monoisotopic (exact) mass is 255 g/mol. The van der Waals surface area contributed by atoms with Crippen LogP contribution in [0.1, 0.15) is 38.5 Å². The van der Waals surface area contributed by atoms with E-state index in [2.05, 4.69) is 5.32 Å². The summed E-state index contributed by atoms with van der Waals surface area (Å²) in [6.07, 6.45) is 6.45. The lowest BCUT2D eigenvalue weighted by Crippen LogP contribution is -2.39. The third-order valence-electron chi connectivity index (χ3n) is 4.40. The van der Waals surface area contributed by atoms with Crippen LogP contribution in [0, 0.1) is 17.8 Å². The highest BCUT2D eigenvalue weighted by Gasteiger charge is 2.32. The molecule has 2 rings (SSSR count). The van der Waals surface area contributed by atoms with Crippen molar-refractivity contribution in [2.75, 3.05) is 20.3 Å². The van der Waals surface area contributed by atoms with E-state index in [9.17, 15) is 4.79 Å². The van der Waals surface area contributed by atoms with E-state index < -0.39 is 5.97 Å². The zero-order valence-corrected chi connectivity index (χ0v) is 11.2. The third kappa shape index (κ3) is 3.95. The second-order valence-corrected chi connectivity index (χ2v) is 5.86. The van der Waals surface area contributed by atoms with Gasteiger partial charge in [-0.3, -0.25) is 4.79 Å². The van der Waals surface area contributed by atoms with Gasteiger partial charge in [0.2, 0.25) is 0 Å². The number of carboxylic acid groups (broad SMARTS) is 1. The lowest BCUT2D eigenvalue weighted by molar-refractivity contribution is -0.143. The predicted octanol–water partition coefficient (Wildman–Crippen LogP) is 1.89. The van der Waals surface area contributed by atoms with E-state index >= 15 is 0 Å². The van der Waals surface area contributed by atoms with Crippen molar-refractivity contribution in [2.24, 2.45) is 17.8 Å². The fourth-order valence-electron chi connectivity index (χ4n) is 2.97. The van der Waals surface area contributed by atoms with Gasteiger partial charge in [-0.1, -0.05) is 0 Å². The van der Waals surface area contributed by atoms with Crippen molar-refractivity contribution in [1.82, 2.24) is 5.32 Å². The number of nitrogens with one attached hydrogen (secondary N) is 1. The quantitative estimate of drug-likeness (QED) is 0.729. The Morgan fingerprint density at radius 3 is 2.44 bits per heavy atom. The number of carbonyl (C=O) groups is 1. The highest BCUT2D eigenvalue weighted by molar-refractivity contribution is 5.69. The number of ether oxygens (including phenoxy) is 1. The average molecular weight is 255 g/mol. The van der Waals surface area contributed by atoms with E-state index in [-0.39, 0.29) is 5.92 Å². The molecule has 0 aromatic carbocycles. The molecule has 1 unspecified atom stereocenters. The molecule has 2 fully saturated rings. The van der Waals surface area contributed by atoms with Gasteiger partial charge in [-0.05, 0) is 56.9 Å². The Labute approximate surface area is 109 Å². The standard InChI is InChI=1S/C14H25NO3/c1-18-9-13(11-6-7-11)15-8-10-2-4-12(5-3-10)14(16)17/h10-13,15H,2-9H2,1H3,(H,16,17). The van der Waals surface area contributed by atoms with Gasteiger partial charge >= 0.3 is 5.97 Å². The molecule has 2 N–H and O–H groups in total. The number of aliphatic carboxylic acids is 1. The molecule has 0 amide bonds. The molecule has 0 radical (unpaired) electrons. The van der Waals surface area contributed by atoms with E-state index in [1.54, 1.807) is 7.11 Å². The van der Waals surface area contributed by atoms with Crippen LogP contribution in [0.3, 0.4) is 0 Å². The fraction of sp³-hybridized carbons (Fsp3) is 0.929. The van der Waals surface area contributed by atoms with Crippen LogP contribution in [0.25, 0.3) is 0 Å². The second kappa shape index (κ2) is 6.53. The Kier molecular flexibility index (Phi) is 5.01. The molecule has 2 saturated carbocycles. The fourth-order valence-corrected chi connectivity index (χ4v) is 2.97. The summed E-state index contributed by atoms with van der Waals surface area (Å²) in [4.78, 5) is 10.9. The summed E-state index contributed by atoms with van der Waals surface area (Å²) < 4.78 is 5.25. The molecule has 4 heteroatoms. The minimum atomic E-state index is -0.614. The van der Waals surface area contributed by atoms with Crippen molar-refractivity contribution in [3.8, 4) is 0 Å². The van der Waals surface area contributed by atoms with Crippen LogP contribution in [-0.2, 0) is 9.53 Å². The molecule has 2 aliphatic rings. The van der Waals surface area contributed by atoms with E-state index in [4.69, 9.17) is 9.84 Å². The van der Waals surface area contributed by atoms with Crippen LogP contribution in [0.2, 0.25) is 0 Å². The largest absolute Gasteiger partial charge is 0.481 e. The normalized spacial score (nSPS) is 30.1. The Bertz CT molecular complexity index is 270. The molecule has 4 nitrogen and oxygen atoms in total. The molecule has 0 aliphatic heterocycles. The number of carboxylic acids is 1. The van der Waals surface area contributed by atoms with Crippen LogP contribution in [0.15, 0.2) is 0 Å². The number of hydrogen-bond acceptors (Lipinski definition) is 3. The zero-order chi connectivity index (χ0) is 13.0. The predicted molar refractivity (Wildman–Crippen MR) is 69.5 cm³/mol. The summed E-state index contributed by atoms with van der Waals surface area (Å²) in [6, 6.07) is 0.507. The first kappa shape index (κ1) is 13.8. The van der Waals surface area contributed by atoms with Gasteiger partial charge in [-0.15, -0.1) is 0 Å². The Morgan fingerprint density at radius 2 is 1.94 bits per heavy atom. The van der Waals surface area contributed by atoms with E-state index in [0.29, 0.717) is 12.0 Å². The third-order valence-corrected chi connectivity index (χ3v) is 4.40. The first-order valence-corrected chi connectivity index (χ1v) is 7.15. The van der Waals surface area contributed by atoms with Gasteiger partial charge in [0, 0.05) is 13.2 Å². The van der Waals surface area contributed by atoms with Crippen LogP contribution in [-0.4, -0.2) is 37.4 Å². The van der Waals surface area contributed by atoms with Gasteiger partial charge in [0.25, 0.3) is 0 Å². The number of hydrogen-bond donors (Lipinski definition) is 2. The first-order valence-electron chi connectivity index (χ1n) is 7.15. The van der Waals surface area contributed by atoms with Crippen molar-refractivity contribution in [2.45, 2.75) is 44.6 Å². The summed E-state index contributed by atoms with van der Waals surface area (Å²) in [7, 11) is 1.76. The second-order valence-electron chi connectivity index (χ2n) is 5.86. The van der Waals surface area contributed by atoms with Gasteiger partial charge in [0.1, 0.15) is 0 Å². The van der Waals surface area contributed by atoms with Gasteiger partial charge in [0.05, 0.1) is 12.5 Å². The molecular weight excluding hydrogens is 230 g/mol. The topological polar surface area (TPSA) is 58.6 Å². The minimum Gasteiger partial charge on any atom is -0.481 e. The maximum absolute atomic E-state index is 10.9. The Balaban J connectivity index is 1.66. The molecule has 18 heavy (non-hydrogen) atoms. The summed E-state index contributed by atoms with van der Waals surface area (Å²) in [5, 5.41) is 12.6. The first-order chi connectivity index (χ1) is 8.70.